The van der Waals surface area contributed by atoms with E-state index in [1.54, 1.807) is 7.11 Å². The normalized spacial score (nSPS) is 10.0. The van der Waals surface area contributed by atoms with Crippen molar-refractivity contribution in [3.8, 4) is 5.75 Å². The molecule has 0 radical (unpaired) electrons. The zero-order valence-corrected chi connectivity index (χ0v) is 9.84. The standard InChI is InChI=1S/C11H17NOS/c1-4-12(5-2)9-6-7-11(14)10(8-9)13-3/h6-8,14H,4-5H2,1-3H3. The Morgan fingerprint density at radius 3 is 2.43 bits per heavy atom. The average Bonchev–Trinajstić information content (AvgIpc) is 2.22. The summed E-state index contributed by atoms with van der Waals surface area (Å²) in [5, 5.41) is 0. The minimum atomic E-state index is 0.831. The molecule has 0 bridgehead atoms. The van der Waals surface area contributed by atoms with Crippen molar-refractivity contribution < 1.29 is 4.74 Å². The third-order valence-electron chi connectivity index (χ3n) is 2.29. The van der Waals surface area contributed by atoms with Crippen LogP contribution in [0.4, 0.5) is 5.69 Å². The fourth-order valence-corrected chi connectivity index (χ4v) is 1.68. The van der Waals surface area contributed by atoms with E-state index in [0.717, 1.165) is 23.7 Å². The predicted molar refractivity (Wildman–Crippen MR) is 63.8 cm³/mol. The number of nitrogens with zero attached hydrogens (tertiary/aromatic N) is 1. The second kappa shape index (κ2) is 5.15. The molecule has 0 aliphatic rings. The van der Waals surface area contributed by atoms with E-state index in [1.807, 2.05) is 12.1 Å². The number of hydrogen-bond donors (Lipinski definition) is 1. The lowest BCUT2D eigenvalue weighted by Crippen LogP contribution is -2.21. The SMILES string of the molecule is CCN(CC)c1ccc(S)c(OC)c1. The third-order valence-corrected chi connectivity index (χ3v) is 2.66. The Morgan fingerprint density at radius 2 is 1.93 bits per heavy atom. The van der Waals surface area contributed by atoms with Crippen LogP contribution in [0, 0.1) is 0 Å². The molecule has 0 aliphatic heterocycles. The first-order valence-corrected chi connectivity index (χ1v) is 5.29. The van der Waals surface area contributed by atoms with Crippen molar-refractivity contribution in [2.75, 3.05) is 25.1 Å². The Labute approximate surface area is 91.3 Å². The van der Waals surface area contributed by atoms with Gasteiger partial charge >= 0.3 is 0 Å². The minimum Gasteiger partial charge on any atom is -0.496 e. The smallest absolute Gasteiger partial charge is 0.134 e. The molecule has 0 saturated carbocycles. The van der Waals surface area contributed by atoms with Gasteiger partial charge in [0.15, 0.2) is 0 Å². The molecule has 1 rings (SSSR count). The van der Waals surface area contributed by atoms with Crippen molar-refractivity contribution >= 4 is 18.3 Å². The summed E-state index contributed by atoms with van der Waals surface area (Å²) < 4.78 is 5.22. The molecule has 0 atom stereocenters. The highest BCUT2D eigenvalue weighted by Gasteiger charge is 2.05. The number of benzene rings is 1. The van der Waals surface area contributed by atoms with E-state index in [4.69, 9.17) is 4.74 Å². The summed E-state index contributed by atoms with van der Waals surface area (Å²) in [4.78, 5) is 3.15. The van der Waals surface area contributed by atoms with Crippen LogP contribution in [0.3, 0.4) is 0 Å². The number of thiol groups is 1. The number of methoxy groups -OCH3 is 1. The summed E-state index contributed by atoms with van der Waals surface area (Å²) in [7, 11) is 1.67. The molecule has 14 heavy (non-hydrogen) atoms. The van der Waals surface area contributed by atoms with Crippen LogP contribution in [-0.2, 0) is 0 Å². The highest BCUT2D eigenvalue weighted by atomic mass is 32.1. The number of rotatable bonds is 4. The lowest BCUT2D eigenvalue weighted by molar-refractivity contribution is 0.405. The van der Waals surface area contributed by atoms with E-state index in [2.05, 4.69) is 37.4 Å². The maximum absolute atomic E-state index is 5.22. The van der Waals surface area contributed by atoms with Gasteiger partial charge in [0.25, 0.3) is 0 Å². The maximum atomic E-state index is 5.22. The van der Waals surface area contributed by atoms with Crippen LogP contribution in [0.15, 0.2) is 23.1 Å². The Morgan fingerprint density at radius 1 is 1.29 bits per heavy atom. The topological polar surface area (TPSA) is 12.5 Å². The van der Waals surface area contributed by atoms with Gasteiger partial charge in [0.1, 0.15) is 5.75 Å². The van der Waals surface area contributed by atoms with Crippen molar-refractivity contribution in [1.29, 1.82) is 0 Å². The van der Waals surface area contributed by atoms with E-state index in [9.17, 15) is 0 Å². The van der Waals surface area contributed by atoms with Crippen LogP contribution in [0.5, 0.6) is 5.75 Å². The van der Waals surface area contributed by atoms with Gasteiger partial charge in [-0.05, 0) is 26.0 Å². The van der Waals surface area contributed by atoms with Crippen LogP contribution in [-0.4, -0.2) is 20.2 Å². The van der Waals surface area contributed by atoms with Crippen LogP contribution in [0.25, 0.3) is 0 Å². The number of anilines is 1. The van der Waals surface area contributed by atoms with Gasteiger partial charge < -0.3 is 9.64 Å². The van der Waals surface area contributed by atoms with Crippen LogP contribution in [0.2, 0.25) is 0 Å². The predicted octanol–water partition coefficient (Wildman–Crippen LogP) is 2.83. The van der Waals surface area contributed by atoms with E-state index in [-0.39, 0.29) is 0 Å². The number of ether oxygens (including phenoxy) is 1. The van der Waals surface area contributed by atoms with Gasteiger partial charge in [-0.25, -0.2) is 0 Å². The first-order chi connectivity index (χ1) is 6.72. The molecule has 0 aliphatic carbocycles. The summed E-state index contributed by atoms with van der Waals surface area (Å²) in [5.41, 5.74) is 1.18. The zero-order valence-electron chi connectivity index (χ0n) is 8.95. The molecule has 78 valence electrons. The van der Waals surface area contributed by atoms with Crippen molar-refractivity contribution in [1.82, 2.24) is 0 Å². The largest absolute Gasteiger partial charge is 0.496 e. The molecule has 3 heteroatoms. The molecule has 0 unspecified atom stereocenters. The van der Waals surface area contributed by atoms with Gasteiger partial charge in [-0.3, -0.25) is 0 Å². The Kier molecular flexibility index (Phi) is 4.14. The lowest BCUT2D eigenvalue weighted by Gasteiger charge is -2.21. The number of hydrogen-bond acceptors (Lipinski definition) is 3. The summed E-state index contributed by atoms with van der Waals surface area (Å²) in [6, 6.07) is 6.06. The average molecular weight is 211 g/mol. The summed E-state index contributed by atoms with van der Waals surface area (Å²) in [5.74, 6) is 0.831. The van der Waals surface area contributed by atoms with Gasteiger partial charge in [-0.2, -0.15) is 0 Å². The molecule has 0 saturated heterocycles. The Balaban J connectivity index is 2.98. The summed E-state index contributed by atoms with van der Waals surface area (Å²) >= 11 is 4.31. The molecule has 0 spiro atoms. The van der Waals surface area contributed by atoms with Crippen LogP contribution < -0.4 is 9.64 Å². The molecule has 0 heterocycles. The summed E-state index contributed by atoms with van der Waals surface area (Å²) in [6.45, 7) is 6.30. The Hall–Kier alpha value is -0.830. The highest BCUT2D eigenvalue weighted by molar-refractivity contribution is 7.80. The zero-order chi connectivity index (χ0) is 10.6. The molecule has 0 N–H and O–H groups in total. The van der Waals surface area contributed by atoms with Gasteiger partial charge in [0.05, 0.1) is 7.11 Å². The van der Waals surface area contributed by atoms with Gasteiger partial charge in [-0.1, -0.05) is 0 Å². The minimum absolute atomic E-state index is 0.831. The van der Waals surface area contributed by atoms with Crippen LogP contribution >= 0.6 is 12.6 Å². The maximum Gasteiger partial charge on any atom is 0.134 e. The van der Waals surface area contributed by atoms with E-state index in [1.165, 1.54) is 5.69 Å². The quantitative estimate of drug-likeness (QED) is 0.769. The van der Waals surface area contributed by atoms with Gasteiger partial charge in [-0.15, -0.1) is 12.6 Å². The van der Waals surface area contributed by atoms with E-state index >= 15 is 0 Å². The van der Waals surface area contributed by atoms with Crippen molar-refractivity contribution in [2.45, 2.75) is 18.7 Å². The molecular weight excluding hydrogens is 194 g/mol. The highest BCUT2D eigenvalue weighted by Crippen LogP contribution is 2.27. The molecule has 1 aromatic rings. The fourth-order valence-electron chi connectivity index (χ4n) is 1.45. The molecule has 2 nitrogen and oxygen atoms in total. The molecule has 0 fully saturated rings. The van der Waals surface area contributed by atoms with Gasteiger partial charge in [0.2, 0.25) is 0 Å². The molecule has 0 aromatic heterocycles. The molecule has 1 aromatic carbocycles. The monoisotopic (exact) mass is 211 g/mol. The molecule has 0 amide bonds. The van der Waals surface area contributed by atoms with E-state index in [0.29, 0.717) is 0 Å². The third kappa shape index (κ3) is 2.35. The van der Waals surface area contributed by atoms with E-state index < -0.39 is 0 Å². The second-order valence-electron chi connectivity index (χ2n) is 3.03. The lowest BCUT2D eigenvalue weighted by atomic mass is 10.2. The Bertz CT molecular complexity index is 297. The first-order valence-electron chi connectivity index (χ1n) is 4.84. The van der Waals surface area contributed by atoms with Crippen LogP contribution in [0.1, 0.15) is 13.8 Å². The van der Waals surface area contributed by atoms with Crippen molar-refractivity contribution in [3.05, 3.63) is 18.2 Å². The van der Waals surface area contributed by atoms with Crippen molar-refractivity contribution in [3.63, 3.8) is 0 Å². The molecular formula is C11H17NOS. The van der Waals surface area contributed by atoms with Crippen molar-refractivity contribution in [2.24, 2.45) is 0 Å². The second-order valence-corrected chi connectivity index (χ2v) is 3.51. The summed E-state index contributed by atoms with van der Waals surface area (Å²) in [6.07, 6.45) is 0. The first kappa shape index (κ1) is 11.2. The fraction of sp³-hybridized carbons (Fsp3) is 0.455. The van der Waals surface area contributed by atoms with Gasteiger partial charge in [0, 0.05) is 29.7 Å².